The maximum Gasteiger partial charge on any atom is 0.165 e. The molecule has 0 saturated carbocycles. The normalized spacial score (nSPS) is 17.8. The Morgan fingerprint density at radius 3 is 2.84 bits per heavy atom. The number of nitrogens with zero attached hydrogens (tertiary/aromatic N) is 4. The molecule has 1 aromatic carbocycles. The van der Waals surface area contributed by atoms with E-state index in [9.17, 15) is 5.11 Å². The Balaban J connectivity index is 1.48. The third-order valence-corrected chi connectivity index (χ3v) is 5.92. The molecule has 7 heteroatoms. The predicted molar refractivity (Wildman–Crippen MR) is 125 cm³/mol. The first-order valence-corrected chi connectivity index (χ1v) is 11.1. The Kier molecular flexibility index (Phi) is 5.98. The number of phenols is 1. The number of pyridine rings is 1. The van der Waals surface area contributed by atoms with E-state index in [-0.39, 0.29) is 11.8 Å². The predicted octanol–water partition coefficient (Wildman–Crippen LogP) is 3.95. The van der Waals surface area contributed by atoms with Gasteiger partial charge in [-0.3, -0.25) is 4.98 Å². The van der Waals surface area contributed by atoms with E-state index in [2.05, 4.69) is 27.5 Å². The fourth-order valence-corrected chi connectivity index (χ4v) is 4.20. The first-order valence-electron chi connectivity index (χ1n) is 11.1. The van der Waals surface area contributed by atoms with Crippen LogP contribution in [0.5, 0.6) is 5.75 Å². The molecule has 2 N–H and O–H groups in total. The zero-order chi connectivity index (χ0) is 21.8. The Labute approximate surface area is 187 Å². The van der Waals surface area contributed by atoms with Crippen molar-refractivity contribution in [2.45, 2.75) is 31.7 Å². The molecular weight excluding hydrogens is 402 g/mol. The standard InChI is InChI=1S/C25H27N5O2/c31-21-8-6-18(7-9-21)10-13-27-24-22-5-1-2-14-30(20-11-15-32-17-20)25(22)29-23(28-24)19-4-3-12-26-16-19/h2-4,6-9,12,14,16,20,31H,1,5,10-11,13,15,17H2,(H,27,28,29)/t20-/m1/s1. The van der Waals surface area contributed by atoms with Crippen LogP contribution in [0, 0.1) is 0 Å². The summed E-state index contributed by atoms with van der Waals surface area (Å²) in [5, 5.41) is 13.1. The van der Waals surface area contributed by atoms with Crippen LogP contribution in [0.2, 0.25) is 0 Å². The molecule has 2 aliphatic rings. The van der Waals surface area contributed by atoms with Crippen molar-refractivity contribution in [2.24, 2.45) is 0 Å². The van der Waals surface area contributed by atoms with Crippen LogP contribution in [0.15, 0.2) is 61.1 Å². The third kappa shape index (κ3) is 4.43. The molecule has 0 spiro atoms. The lowest BCUT2D eigenvalue weighted by atomic mass is 10.1. The van der Waals surface area contributed by atoms with Gasteiger partial charge < -0.3 is 20.1 Å². The summed E-state index contributed by atoms with van der Waals surface area (Å²) in [5.74, 6) is 2.78. The molecule has 7 nitrogen and oxygen atoms in total. The average Bonchev–Trinajstić information content (AvgIpc) is 3.27. The Hall–Kier alpha value is -3.45. The molecule has 2 aliphatic heterocycles. The topological polar surface area (TPSA) is 83.4 Å². The van der Waals surface area contributed by atoms with E-state index in [0.717, 1.165) is 67.2 Å². The van der Waals surface area contributed by atoms with Gasteiger partial charge in [-0.05, 0) is 55.5 Å². The molecule has 1 atom stereocenters. The minimum atomic E-state index is 0.282. The first kappa shape index (κ1) is 20.5. The second kappa shape index (κ2) is 9.36. The first-order chi connectivity index (χ1) is 15.8. The number of rotatable bonds is 6. The number of allylic oxidation sites excluding steroid dienone is 1. The van der Waals surface area contributed by atoms with Crippen molar-refractivity contribution in [3.05, 3.63) is 72.2 Å². The summed E-state index contributed by atoms with van der Waals surface area (Å²) >= 11 is 0. The third-order valence-electron chi connectivity index (χ3n) is 5.92. The Bertz CT molecular complexity index is 1080. The SMILES string of the molecule is Oc1ccc(CCNc2nc(-c3cccnc3)nc3c2CCC=CN3[C@@H]2CCOC2)cc1. The second-order valence-corrected chi connectivity index (χ2v) is 8.13. The minimum absolute atomic E-state index is 0.282. The number of nitrogens with one attached hydrogen (secondary N) is 1. The number of fused-ring (bicyclic) bond motifs is 1. The van der Waals surface area contributed by atoms with Gasteiger partial charge in [0.2, 0.25) is 0 Å². The van der Waals surface area contributed by atoms with Crippen LogP contribution in [-0.4, -0.2) is 45.9 Å². The maximum atomic E-state index is 9.52. The molecule has 32 heavy (non-hydrogen) atoms. The molecule has 0 unspecified atom stereocenters. The van der Waals surface area contributed by atoms with Crippen LogP contribution < -0.4 is 10.2 Å². The second-order valence-electron chi connectivity index (χ2n) is 8.13. The van der Waals surface area contributed by atoms with Gasteiger partial charge in [-0.2, -0.15) is 0 Å². The van der Waals surface area contributed by atoms with Crippen LogP contribution in [-0.2, 0) is 17.6 Å². The molecule has 0 aliphatic carbocycles. The number of ether oxygens (including phenoxy) is 1. The highest BCUT2D eigenvalue weighted by Gasteiger charge is 2.28. The molecule has 4 heterocycles. The van der Waals surface area contributed by atoms with Crippen LogP contribution in [0.3, 0.4) is 0 Å². The summed E-state index contributed by atoms with van der Waals surface area (Å²) in [5.41, 5.74) is 3.20. The molecule has 1 saturated heterocycles. The van der Waals surface area contributed by atoms with Gasteiger partial charge in [-0.25, -0.2) is 9.97 Å². The molecule has 1 fully saturated rings. The van der Waals surface area contributed by atoms with E-state index in [1.807, 2.05) is 24.3 Å². The van der Waals surface area contributed by atoms with E-state index in [0.29, 0.717) is 12.4 Å². The summed E-state index contributed by atoms with van der Waals surface area (Å²) in [7, 11) is 0. The van der Waals surface area contributed by atoms with Crippen LogP contribution >= 0.6 is 0 Å². The number of aromatic nitrogens is 3. The number of hydrogen-bond donors (Lipinski definition) is 2. The highest BCUT2D eigenvalue weighted by molar-refractivity contribution is 5.68. The number of phenolic OH excluding ortho intramolecular Hbond substituents is 1. The van der Waals surface area contributed by atoms with Crippen molar-refractivity contribution < 1.29 is 9.84 Å². The quantitative estimate of drug-likeness (QED) is 0.614. The van der Waals surface area contributed by atoms with Gasteiger partial charge in [0.05, 0.1) is 12.6 Å². The van der Waals surface area contributed by atoms with E-state index < -0.39 is 0 Å². The van der Waals surface area contributed by atoms with Gasteiger partial charge in [0.1, 0.15) is 17.4 Å². The number of benzene rings is 1. The van der Waals surface area contributed by atoms with Crippen molar-refractivity contribution in [3.63, 3.8) is 0 Å². The Morgan fingerprint density at radius 2 is 2.06 bits per heavy atom. The van der Waals surface area contributed by atoms with E-state index in [4.69, 9.17) is 14.7 Å². The Morgan fingerprint density at radius 1 is 1.16 bits per heavy atom. The van der Waals surface area contributed by atoms with Crippen LogP contribution in [0.1, 0.15) is 24.0 Å². The highest BCUT2D eigenvalue weighted by atomic mass is 16.5. The summed E-state index contributed by atoms with van der Waals surface area (Å²) in [4.78, 5) is 16.4. The molecule has 0 bridgehead atoms. The smallest absolute Gasteiger partial charge is 0.165 e. The van der Waals surface area contributed by atoms with E-state index >= 15 is 0 Å². The van der Waals surface area contributed by atoms with Gasteiger partial charge in [0.15, 0.2) is 5.82 Å². The lowest BCUT2D eigenvalue weighted by Crippen LogP contribution is -2.32. The number of aromatic hydroxyl groups is 1. The molecule has 2 aromatic heterocycles. The van der Waals surface area contributed by atoms with Crippen molar-refractivity contribution >= 4 is 11.6 Å². The van der Waals surface area contributed by atoms with Crippen LogP contribution in [0.25, 0.3) is 11.4 Å². The van der Waals surface area contributed by atoms with Crippen molar-refractivity contribution in [3.8, 4) is 17.1 Å². The van der Waals surface area contributed by atoms with Gasteiger partial charge >= 0.3 is 0 Å². The van der Waals surface area contributed by atoms with Gasteiger partial charge in [-0.15, -0.1) is 0 Å². The van der Waals surface area contributed by atoms with Crippen molar-refractivity contribution in [1.29, 1.82) is 0 Å². The van der Waals surface area contributed by atoms with E-state index in [1.165, 1.54) is 0 Å². The minimum Gasteiger partial charge on any atom is -0.508 e. The fraction of sp³-hybridized carbons (Fsp3) is 0.320. The zero-order valence-corrected chi connectivity index (χ0v) is 17.9. The molecule has 0 radical (unpaired) electrons. The number of hydrogen-bond acceptors (Lipinski definition) is 7. The lowest BCUT2D eigenvalue weighted by molar-refractivity contribution is 0.194. The molecule has 0 amide bonds. The summed E-state index contributed by atoms with van der Waals surface area (Å²) in [6, 6.07) is 11.5. The lowest BCUT2D eigenvalue weighted by Gasteiger charge is -2.27. The summed E-state index contributed by atoms with van der Waals surface area (Å²) in [6.07, 6.45) is 11.6. The monoisotopic (exact) mass is 429 g/mol. The largest absolute Gasteiger partial charge is 0.508 e. The summed E-state index contributed by atoms with van der Waals surface area (Å²) in [6.45, 7) is 2.23. The van der Waals surface area contributed by atoms with Gasteiger partial charge in [-0.1, -0.05) is 18.2 Å². The average molecular weight is 430 g/mol. The van der Waals surface area contributed by atoms with Gasteiger partial charge in [0.25, 0.3) is 0 Å². The molecular formula is C25H27N5O2. The van der Waals surface area contributed by atoms with Gasteiger partial charge in [0, 0.05) is 42.9 Å². The van der Waals surface area contributed by atoms with E-state index in [1.54, 1.807) is 24.5 Å². The fourth-order valence-electron chi connectivity index (χ4n) is 4.20. The molecule has 5 rings (SSSR count). The highest BCUT2D eigenvalue weighted by Crippen LogP contribution is 2.34. The summed E-state index contributed by atoms with van der Waals surface area (Å²) < 4.78 is 5.67. The number of anilines is 2. The molecule has 3 aromatic rings. The van der Waals surface area contributed by atoms with Crippen molar-refractivity contribution in [1.82, 2.24) is 15.0 Å². The van der Waals surface area contributed by atoms with Crippen molar-refractivity contribution in [2.75, 3.05) is 30.0 Å². The molecule has 164 valence electrons. The van der Waals surface area contributed by atoms with Crippen LogP contribution in [0.4, 0.5) is 11.6 Å². The maximum absolute atomic E-state index is 9.52. The zero-order valence-electron chi connectivity index (χ0n) is 17.9.